The van der Waals surface area contributed by atoms with Crippen LogP contribution in [0.5, 0.6) is 0 Å². The molecule has 1 aromatic carbocycles. The van der Waals surface area contributed by atoms with E-state index >= 15 is 0 Å². The smallest absolute Gasteiger partial charge is 0.352 e. The minimum atomic E-state index is -4.42. The summed E-state index contributed by atoms with van der Waals surface area (Å²) >= 11 is 1.42. The van der Waals surface area contributed by atoms with Gasteiger partial charge in [0.1, 0.15) is 5.65 Å². The largest absolute Gasteiger partial charge is 0.416 e. The molecule has 0 saturated carbocycles. The third-order valence-corrected chi connectivity index (χ3v) is 7.49. The second-order valence-electron chi connectivity index (χ2n) is 8.71. The van der Waals surface area contributed by atoms with Gasteiger partial charge in [-0.25, -0.2) is 4.98 Å². The van der Waals surface area contributed by atoms with Gasteiger partial charge in [-0.3, -0.25) is 14.0 Å². The van der Waals surface area contributed by atoms with Crippen LogP contribution >= 0.6 is 11.8 Å². The third kappa shape index (κ3) is 4.93. The van der Waals surface area contributed by atoms with Gasteiger partial charge in [0.25, 0.3) is 11.8 Å². The lowest BCUT2D eigenvalue weighted by atomic mass is 9.93. The van der Waals surface area contributed by atoms with Crippen molar-refractivity contribution >= 4 is 35.3 Å². The second-order valence-corrected chi connectivity index (χ2v) is 9.77. The van der Waals surface area contributed by atoms with Crippen molar-refractivity contribution in [2.45, 2.75) is 30.5 Å². The maximum Gasteiger partial charge on any atom is 0.416 e. The Morgan fingerprint density at radius 2 is 1.83 bits per heavy atom. The molecule has 2 aromatic heterocycles. The van der Waals surface area contributed by atoms with E-state index in [2.05, 4.69) is 10.3 Å². The first-order valence-electron chi connectivity index (χ1n) is 11.4. The number of hydrogen-bond donors (Lipinski definition) is 1. The Balaban J connectivity index is 1.09. The highest BCUT2D eigenvalue weighted by molar-refractivity contribution is 8.04. The lowest BCUT2D eigenvalue weighted by molar-refractivity contribution is -0.137. The average Bonchev–Trinajstić information content (AvgIpc) is 3.28. The molecule has 0 spiro atoms. The number of carbonyl (C=O) groups is 2. The first-order valence-corrected chi connectivity index (χ1v) is 12.2. The van der Waals surface area contributed by atoms with Gasteiger partial charge < -0.3 is 10.2 Å². The van der Waals surface area contributed by atoms with Gasteiger partial charge in [-0.15, -0.1) is 0 Å². The summed E-state index contributed by atoms with van der Waals surface area (Å²) in [5, 5.41) is 3.95. The Bertz CT molecular complexity index is 1290. The van der Waals surface area contributed by atoms with E-state index < -0.39 is 11.7 Å². The predicted molar refractivity (Wildman–Crippen MR) is 127 cm³/mol. The predicted octanol–water partition coefficient (Wildman–Crippen LogP) is 4.86. The summed E-state index contributed by atoms with van der Waals surface area (Å²) in [6.45, 7) is 1.64. The maximum atomic E-state index is 12.7. The fourth-order valence-electron chi connectivity index (χ4n) is 4.48. The normalized spacial score (nSPS) is 16.3. The minimum Gasteiger partial charge on any atom is -0.352 e. The highest BCUT2D eigenvalue weighted by atomic mass is 32.2. The van der Waals surface area contributed by atoms with Crippen molar-refractivity contribution in [3.63, 3.8) is 0 Å². The van der Waals surface area contributed by atoms with Crippen molar-refractivity contribution in [3.05, 3.63) is 70.4 Å². The molecule has 2 amide bonds. The number of halogens is 3. The number of rotatable bonds is 5. The Morgan fingerprint density at radius 1 is 1.09 bits per heavy atom. The number of pyridine rings is 1. The molecular weight excluding hydrogens is 477 g/mol. The number of hydrogen-bond acceptors (Lipinski definition) is 4. The Hall–Kier alpha value is -3.27. The molecule has 35 heavy (non-hydrogen) atoms. The van der Waals surface area contributed by atoms with E-state index in [1.54, 1.807) is 11.1 Å². The summed E-state index contributed by atoms with van der Waals surface area (Å²) in [6, 6.07) is 10.2. The number of piperidine rings is 1. The number of nitrogens with one attached hydrogen (secondary N) is 1. The zero-order chi connectivity index (χ0) is 24.6. The van der Waals surface area contributed by atoms with Gasteiger partial charge in [0.2, 0.25) is 0 Å². The first-order chi connectivity index (χ1) is 16.8. The lowest BCUT2D eigenvalue weighted by Gasteiger charge is -2.32. The number of benzene rings is 1. The van der Waals surface area contributed by atoms with Crippen molar-refractivity contribution in [2.24, 2.45) is 5.92 Å². The summed E-state index contributed by atoms with van der Waals surface area (Å²) in [5.74, 6) is 0.00509. The van der Waals surface area contributed by atoms with E-state index in [4.69, 9.17) is 0 Å². The monoisotopic (exact) mass is 500 g/mol. The van der Waals surface area contributed by atoms with E-state index in [1.165, 1.54) is 23.9 Å². The highest BCUT2D eigenvalue weighted by Crippen LogP contribution is 2.34. The molecule has 4 heterocycles. The molecule has 2 aliphatic heterocycles. The second kappa shape index (κ2) is 9.41. The van der Waals surface area contributed by atoms with Crippen LogP contribution in [0.25, 0.3) is 11.7 Å². The molecule has 0 aliphatic carbocycles. The topological polar surface area (TPSA) is 66.7 Å². The summed E-state index contributed by atoms with van der Waals surface area (Å²) in [7, 11) is 0. The van der Waals surface area contributed by atoms with E-state index in [-0.39, 0.29) is 17.4 Å². The minimum absolute atomic E-state index is 0.116. The summed E-state index contributed by atoms with van der Waals surface area (Å²) in [5.41, 5.74) is 1.23. The van der Waals surface area contributed by atoms with Crippen LogP contribution in [0.15, 0.2) is 58.6 Å². The molecule has 1 N–H and O–H groups in total. The van der Waals surface area contributed by atoms with Crippen LogP contribution < -0.4 is 5.32 Å². The highest BCUT2D eigenvalue weighted by Gasteiger charge is 2.31. The molecular formula is C25H23F3N4O2S. The van der Waals surface area contributed by atoms with E-state index in [0.717, 1.165) is 47.8 Å². The molecule has 1 fully saturated rings. The Kier molecular flexibility index (Phi) is 6.31. The van der Waals surface area contributed by atoms with Crippen molar-refractivity contribution in [2.75, 3.05) is 19.6 Å². The first kappa shape index (κ1) is 23.5. The number of aromatic nitrogens is 2. The van der Waals surface area contributed by atoms with Crippen LogP contribution in [0, 0.1) is 5.92 Å². The number of likely N-dealkylation sites (tertiary alicyclic amines) is 1. The van der Waals surface area contributed by atoms with Crippen LogP contribution in [-0.2, 0) is 11.0 Å². The number of nitrogens with zero attached hydrogens (tertiary/aromatic N) is 3. The molecule has 0 atom stereocenters. The van der Waals surface area contributed by atoms with Crippen LogP contribution in [0.2, 0.25) is 0 Å². The quantitative estimate of drug-likeness (QED) is 0.544. The van der Waals surface area contributed by atoms with Crippen LogP contribution in [0.4, 0.5) is 13.2 Å². The number of thioether (sulfide) groups is 1. The van der Waals surface area contributed by atoms with Gasteiger partial charge in [-0.1, -0.05) is 17.8 Å². The van der Waals surface area contributed by atoms with Gasteiger partial charge in [-0.05, 0) is 67.7 Å². The van der Waals surface area contributed by atoms with Gasteiger partial charge in [0.15, 0.2) is 0 Å². The summed E-state index contributed by atoms with van der Waals surface area (Å²) in [6.07, 6.45) is 1.57. The molecule has 6 nitrogen and oxygen atoms in total. The number of amides is 2. The molecule has 1 saturated heterocycles. The van der Waals surface area contributed by atoms with Crippen molar-refractivity contribution in [1.29, 1.82) is 0 Å². The molecule has 0 radical (unpaired) electrons. The molecule has 0 bridgehead atoms. The number of carbonyl (C=O) groups excluding carboxylic acids is 2. The maximum absolute atomic E-state index is 12.7. The van der Waals surface area contributed by atoms with E-state index in [0.29, 0.717) is 30.5 Å². The standard InChI is InChI=1S/C25H23F3N4O2S/c26-25(27,28)18-6-4-17(5-7-18)24(34)31-12-9-16(10-13-31)8-11-29-23(33)20-14-19-15-30-21-2-1-3-22(35-20)32(19)21/h1-7,14-16H,8-13H2,(H,29,33). The lowest BCUT2D eigenvalue weighted by Crippen LogP contribution is -2.39. The van der Waals surface area contributed by atoms with Crippen molar-refractivity contribution < 1.29 is 22.8 Å². The van der Waals surface area contributed by atoms with Crippen molar-refractivity contribution in [3.8, 4) is 0 Å². The average molecular weight is 501 g/mol. The van der Waals surface area contributed by atoms with Gasteiger partial charge in [-0.2, -0.15) is 13.2 Å². The van der Waals surface area contributed by atoms with Crippen LogP contribution in [0.3, 0.4) is 0 Å². The number of alkyl halides is 3. The zero-order valence-electron chi connectivity index (χ0n) is 18.7. The molecule has 3 aromatic rings. The summed E-state index contributed by atoms with van der Waals surface area (Å²) in [4.78, 5) is 32.0. The number of imidazole rings is 1. The zero-order valence-corrected chi connectivity index (χ0v) is 19.5. The Morgan fingerprint density at radius 3 is 2.54 bits per heavy atom. The van der Waals surface area contributed by atoms with Gasteiger partial charge in [0.05, 0.1) is 27.4 Å². The molecule has 2 aliphatic rings. The van der Waals surface area contributed by atoms with Gasteiger partial charge in [0, 0.05) is 25.2 Å². The Labute approximate surface area is 204 Å². The molecule has 5 rings (SSSR count). The fraction of sp³-hybridized carbons (Fsp3) is 0.320. The van der Waals surface area contributed by atoms with Gasteiger partial charge >= 0.3 is 6.18 Å². The molecule has 0 unspecified atom stereocenters. The molecule has 10 heteroatoms. The fourth-order valence-corrected chi connectivity index (χ4v) is 5.49. The summed E-state index contributed by atoms with van der Waals surface area (Å²) < 4.78 is 40.2. The SMILES string of the molecule is O=C(NCCC1CCN(C(=O)c2ccc(C(F)(F)F)cc2)CC1)C1=Cc2cnc3cccc(n23)S1. The van der Waals surface area contributed by atoms with Crippen molar-refractivity contribution in [1.82, 2.24) is 19.6 Å². The molecule has 182 valence electrons. The van der Waals surface area contributed by atoms with E-state index in [1.807, 2.05) is 28.7 Å². The van der Waals surface area contributed by atoms with E-state index in [9.17, 15) is 22.8 Å². The van der Waals surface area contributed by atoms with Crippen LogP contribution in [-0.4, -0.2) is 45.7 Å². The third-order valence-electron chi connectivity index (χ3n) is 6.44. The van der Waals surface area contributed by atoms with Crippen LogP contribution in [0.1, 0.15) is 40.9 Å².